The second-order valence-electron chi connectivity index (χ2n) is 5.92. The van der Waals surface area contributed by atoms with Crippen LogP contribution in [0.4, 0.5) is 0 Å². The van der Waals surface area contributed by atoms with Gasteiger partial charge in [-0.15, -0.1) is 0 Å². The molecule has 1 atom stereocenters. The van der Waals surface area contributed by atoms with Crippen LogP contribution in [-0.2, 0) is 4.79 Å². The first kappa shape index (κ1) is 16.8. The minimum Gasteiger partial charge on any atom is -0.343 e. The number of benzene rings is 1. The average Bonchev–Trinajstić information content (AvgIpc) is 2.57. The third-order valence-electron chi connectivity index (χ3n) is 4.40. The predicted octanol–water partition coefficient (Wildman–Crippen LogP) is 3.28. The molecule has 2 rings (SSSR count). The number of hydrogen-bond acceptors (Lipinski definition) is 2. The van der Waals surface area contributed by atoms with Gasteiger partial charge in [-0.3, -0.25) is 9.69 Å². The van der Waals surface area contributed by atoms with Crippen molar-refractivity contribution in [3.05, 3.63) is 42.0 Å². The van der Waals surface area contributed by atoms with Crippen molar-refractivity contribution in [3.8, 4) is 0 Å². The van der Waals surface area contributed by atoms with Gasteiger partial charge in [0.25, 0.3) is 0 Å². The lowest BCUT2D eigenvalue weighted by molar-refractivity contribution is -0.136. The normalized spacial score (nSPS) is 19.5. The van der Waals surface area contributed by atoms with Gasteiger partial charge in [0.2, 0.25) is 5.91 Å². The highest BCUT2D eigenvalue weighted by Crippen LogP contribution is 2.19. The highest BCUT2D eigenvalue weighted by Gasteiger charge is 2.27. The highest BCUT2D eigenvalue weighted by molar-refractivity contribution is 5.79. The summed E-state index contributed by atoms with van der Waals surface area (Å²) in [4.78, 5) is 16.8. The molecule has 1 fully saturated rings. The zero-order valence-corrected chi connectivity index (χ0v) is 13.9. The molecule has 1 aliphatic heterocycles. The van der Waals surface area contributed by atoms with Gasteiger partial charge < -0.3 is 4.90 Å². The minimum atomic E-state index is 0.179. The first-order valence-electron chi connectivity index (χ1n) is 8.47. The summed E-state index contributed by atoms with van der Waals surface area (Å²) in [6.07, 6.45) is 6.53. The van der Waals surface area contributed by atoms with E-state index >= 15 is 0 Å². The number of rotatable bonds is 6. The molecule has 0 aromatic heterocycles. The first-order valence-corrected chi connectivity index (χ1v) is 8.47. The molecule has 1 aromatic carbocycles. The van der Waals surface area contributed by atoms with Crippen LogP contribution in [-0.4, -0.2) is 48.4 Å². The number of carbonyl (C=O) groups excluding carboxylic acids is 1. The maximum Gasteiger partial charge on any atom is 0.226 e. The lowest BCUT2D eigenvalue weighted by Crippen LogP contribution is -2.44. The van der Waals surface area contributed by atoms with Crippen molar-refractivity contribution in [2.45, 2.75) is 26.7 Å². The summed E-state index contributed by atoms with van der Waals surface area (Å²) in [5, 5.41) is 0. The maximum atomic E-state index is 12.5. The Morgan fingerprint density at radius 3 is 2.68 bits per heavy atom. The van der Waals surface area contributed by atoms with Crippen LogP contribution < -0.4 is 0 Å². The van der Waals surface area contributed by atoms with E-state index in [2.05, 4.69) is 55.2 Å². The quantitative estimate of drug-likeness (QED) is 0.805. The zero-order valence-electron chi connectivity index (χ0n) is 13.9. The van der Waals surface area contributed by atoms with Gasteiger partial charge in [-0.25, -0.2) is 0 Å². The van der Waals surface area contributed by atoms with Crippen LogP contribution in [0.1, 0.15) is 32.3 Å². The molecule has 0 bridgehead atoms. The molecule has 0 radical (unpaired) electrons. The Hall–Kier alpha value is -1.61. The largest absolute Gasteiger partial charge is 0.343 e. The number of amides is 1. The topological polar surface area (TPSA) is 23.6 Å². The molecule has 0 aliphatic carbocycles. The third-order valence-corrected chi connectivity index (χ3v) is 4.40. The van der Waals surface area contributed by atoms with E-state index in [9.17, 15) is 4.79 Å². The smallest absolute Gasteiger partial charge is 0.226 e. The molecular formula is C19H28N2O. The number of piperidine rings is 1. The summed E-state index contributed by atoms with van der Waals surface area (Å²) in [6.45, 7) is 8.68. The second kappa shape index (κ2) is 8.74. The molecule has 0 saturated carbocycles. The zero-order chi connectivity index (χ0) is 15.8. The van der Waals surface area contributed by atoms with E-state index in [0.717, 1.165) is 45.6 Å². The van der Waals surface area contributed by atoms with Crippen LogP contribution in [0.15, 0.2) is 36.4 Å². The molecule has 3 nitrogen and oxygen atoms in total. The van der Waals surface area contributed by atoms with Crippen molar-refractivity contribution in [2.75, 3.05) is 32.7 Å². The molecule has 1 amide bonds. The van der Waals surface area contributed by atoms with Crippen LogP contribution in [0.5, 0.6) is 0 Å². The van der Waals surface area contributed by atoms with Crippen molar-refractivity contribution in [3.63, 3.8) is 0 Å². The Balaban J connectivity index is 1.85. The molecule has 120 valence electrons. The molecule has 1 heterocycles. The van der Waals surface area contributed by atoms with Gasteiger partial charge in [-0.05, 0) is 38.8 Å². The van der Waals surface area contributed by atoms with Gasteiger partial charge in [-0.2, -0.15) is 0 Å². The fraction of sp³-hybridized carbons (Fsp3) is 0.526. The Labute approximate surface area is 134 Å². The summed E-state index contributed by atoms with van der Waals surface area (Å²) in [6, 6.07) is 10.4. The average molecular weight is 300 g/mol. The summed E-state index contributed by atoms with van der Waals surface area (Å²) in [5.41, 5.74) is 1.23. The van der Waals surface area contributed by atoms with Crippen molar-refractivity contribution in [1.82, 2.24) is 9.80 Å². The summed E-state index contributed by atoms with van der Waals surface area (Å²) in [5.74, 6) is 0.514. The minimum absolute atomic E-state index is 0.179. The van der Waals surface area contributed by atoms with E-state index in [0.29, 0.717) is 5.91 Å². The lowest BCUT2D eigenvalue weighted by atomic mass is 9.96. The van der Waals surface area contributed by atoms with Crippen LogP contribution in [0.25, 0.3) is 6.08 Å². The Bertz CT molecular complexity index is 479. The van der Waals surface area contributed by atoms with Gasteiger partial charge >= 0.3 is 0 Å². The van der Waals surface area contributed by atoms with Crippen LogP contribution in [0.2, 0.25) is 0 Å². The molecule has 1 aromatic rings. The van der Waals surface area contributed by atoms with Crippen molar-refractivity contribution in [1.29, 1.82) is 0 Å². The van der Waals surface area contributed by atoms with Crippen molar-refractivity contribution >= 4 is 12.0 Å². The van der Waals surface area contributed by atoms with E-state index in [-0.39, 0.29) is 5.92 Å². The molecule has 22 heavy (non-hydrogen) atoms. The van der Waals surface area contributed by atoms with Crippen molar-refractivity contribution in [2.24, 2.45) is 5.92 Å². The molecule has 1 aliphatic rings. The van der Waals surface area contributed by atoms with Crippen molar-refractivity contribution < 1.29 is 4.79 Å². The van der Waals surface area contributed by atoms with Gasteiger partial charge in [-0.1, -0.05) is 42.5 Å². The Morgan fingerprint density at radius 1 is 1.27 bits per heavy atom. The monoisotopic (exact) mass is 300 g/mol. The van der Waals surface area contributed by atoms with Gasteiger partial charge in [0.1, 0.15) is 0 Å². The maximum absolute atomic E-state index is 12.5. The van der Waals surface area contributed by atoms with Gasteiger partial charge in [0, 0.05) is 26.2 Å². The number of carbonyl (C=O) groups is 1. The molecular weight excluding hydrogens is 272 g/mol. The van der Waals surface area contributed by atoms with E-state index in [1.54, 1.807) is 0 Å². The van der Waals surface area contributed by atoms with E-state index in [1.165, 1.54) is 5.56 Å². The molecule has 0 unspecified atom stereocenters. The number of likely N-dealkylation sites (tertiary alicyclic amines) is 1. The Morgan fingerprint density at radius 2 is 2.00 bits per heavy atom. The Kier molecular flexibility index (Phi) is 6.66. The predicted molar refractivity (Wildman–Crippen MR) is 92.6 cm³/mol. The van der Waals surface area contributed by atoms with Crippen LogP contribution in [0.3, 0.4) is 0 Å². The van der Waals surface area contributed by atoms with Crippen LogP contribution >= 0.6 is 0 Å². The van der Waals surface area contributed by atoms with Gasteiger partial charge in [0.05, 0.1) is 5.92 Å². The summed E-state index contributed by atoms with van der Waals surface area (Å²) < 4.78 is 0. The summed E-state index contributed by atoms with van der Waals surface area (Å²) in [7, 11) is 0. The summed E-state index contributed by atoms with van der Waals surface area (Å²) >= 11 is 0. The second-order valence-corrected chi connectivity index (χ2v) is 5.92. The van der Waals surface area contributed by atoms with E-state index in [4.69, 9.17) is 0 Å². The van der Waals surface area contributed by atoms with Crippen LogP contribution in [0, 0.1) is 5.92 Å². The number of hydrogen-bond donors (Lipinski definition) is 0. The third kappa shape index (κ3) is 4.70. The van der Waals surface area contributed by atoms with E-state index < -0.39 is 0 Å². The highest BCUT2D eigenvalue weighted by atomic mass is 16.2. The molecule has 0 N–H and O–H groups in total. The van der Waals surface area contributed by atoms with Gasteiger partial charge in [0.15, 0.2) is 0 Å². The van der Waals surface area contributed by atoms with E-state index in [1.807, 2.05) is 11.0 Å². The number of nitrogens with zero attached hydrogens (tertiary/aromatic N) is 2. The standard InChI is InChI=1S/C19H28N2O/c1-3-21(4-2)19(22)18-13-9-15-20(16-18)14-8-12-17-10-6-5-7-11-17/h5-8,10-12,18H,3-4,9,13-16H2,1-2H3/b12-8+/t18-/m1/s1. The molecule has 1 saturated heterocycles. The fourth-order valence-electron chi connectivity index (χ4n) is 3.12. The SMILES string of the molecule is CCN(CC)C(=O)[C@@H]1CCCN(C/C=C/c2ccccc2)C1. The molecule has 3 heteroatoms. The molecule has 0 spiro atoms. The first-order chi connectivity index (χ1) is 10.7. The lowest BCUT2D eigenvalue weighted by Gasteiger charge is -2.33. The fourth-order valence-corrected chi connectivity index (χ4v) is 3.12.